The van der Waals surface area contributed by atoms with Gasteiger partial charge in [0.2, 0.25) is 0 Å². The van der Waals surface area contributed by atoms with Crippen LogP contribution < -0.4 is 5.32 Å². The lowest BCUT2D eigenvalue weighted by Gasteiger charge is -2.25. The third-order valence-corrected chi connectivity index (χ3v) is 11.0. The van der Waals surface area contributed by atoms with Gasteiger partial charge in [0, 0.05) is 44.4 Å². The summed E-state index contributed by atoms with van der Waals surface area (Å²) in [6.07, 6.45) is 7.09. The summed E-state index contributed by atoms with van der Waals surface area (Å²) in [7, 11) is 0. The normalized spacial score (nSPS) is 16.5. The van der Waals surface area contributed by atoms with Crippen LogP contribution in [0.1, 0.15) is 95.0 Å². The van der Waals surface area contributed by atoms with E-state index in [0.29, 0.717) is 18.3 Å². The Bertz CT molecular complexity index is 1480. The summed E-state index contributed by atoms with van der Waals surface area (Å²) >= 11 is 3.37. The van der Waals surface area contributed by atoms with E-state index in [2.05, 4.69) is 149 Å². The van der Waals surface area contributed by atoms with Crippen molar-refractivity contribution in [2.24, 2.45) is 0 Å². The second-order valence-electron chi connectivity index (χ2n) is 13.7. The number of nitrogens with one attached hydrogen (secondary N) is 1. The number of halogens is 1. The van der Waals surface area contributed by atoms with Gasteiger partial charge in [0.05, 0.1) is 31.3 Å². The van der Waals surface area contributed by atoms with E-state index >= 15 is 0 Å². The second kappa shape index (κ2) is 24.2. The van der Waals surface area contributed by atoms with Gasteiger partial charge in [0.15, 0.2) is 0 Å². The minimum Gasteiger partial charge on any atom is -0.379 e. The lowest BCUT2D eigenvalue weighted by Crippen LogP contribution is -2.32. The van der Waals surface area contributed by atoms with Gasteiger partial charge in [-0.3, -0.25) is 0 Å². The molecule has 7 heteroatoms. The van der Waals surface area contributed by atoms with Crippen molar-refractivity contribution >= 4 is 28.5 Å². The van der Waals surface area contributed by atoms with Crippen molar-refractivity contribution in [3.05, 3.63) is 117 Å². The Morgan fingerprint density at radius 1 is 0.706 bits per heavy atom. The molecule has 0 amide bonds. The number of benzene rings is 3. The molecule has 2 aliphatic heterocycles. The predicted molar refractivity (Wildman–Crippen MR) is 218 cm³/mol. The number of nitrogens with zero attached hydrogens (tertiary/aromatic N) is 1. The van der Waals surface area contributed by atoms with Gasteiger partial charge in [0.25, 0.3) is 0 Å². The zero-order valence-corrected chi connectivity index (χ0v) is 34.2. The molecular weight excluding hydrogens is 700 g/mol. The molecule has 51 heavy (non-hydrogen) atoms. The standard InChI is InChI=1S/C16H23NO.C12H15BrO.C12H16O.C4H9NO/c1-13-5-4-6-16(15(13)3)14(2)7-8-17-9-11-18-12-10-17;1-8-5-4-6-11(9(8)2)10(3)12(13)7-14;1-9-5-4-6-12(11(9)3)10(2)7-8-13;1-3-6-4-2-5-1/h4-8,14H,9-12H2,1-3H3;4-7,10,12H,1-3H3;4-6,8,10H,7H2,1-3H3;5H,1-4H2/b8-7-;;;. The summed E-state index contributed by atoms with van der Waals surface area (Å²) in [6, 6.07) is 19.0. The van der Waals surface area contributed by atoms with Crippen LogP contribution in [0.4, 0.5) is 0 Å². The molecule has 5 rings (SSSR count). The zero-order chi connectivity index (χ0) is 37.8. The molecule has 1 N–H and O–H groups in total. The molecule has 2 saturated heterocycles. The van der Waals surface area contributed by atoms with E-state index in [9.17, 15) is 9.59 Å². The molecule has 0 spiro atoms. The van der Waals surface area contributed by atoms with Gasteiger partial charge in [-0.15, -0.1) is 0 Å². The zero-order valence-electron chi connectivity index (χ0n) is 32.6. The summed E-state index contributed by atoms with van der Waals surface area (Å²) in [5.74, 6) is 1.04. The number of carbonyl (C=O) groups excluding carboxylic acids is 2. The Balaban J connectivity index is 0.000000248. The fourth-order valence-corrected chi connectivity index (χ4v) is 6.28. The monoisotopic (exact) mass is 762 g/mol. The van der Waals surface area contributed by atoms with Gasteiger partial charge >= 0.3 is 0 Å². The van der Waals surface area contributed by atoms with Crippen molar-refractivity contribution in [1.29, 1.82) is 0 Å². The van der Waals surface area contributed by atoms with Crippen molar-refractivity contribution in [1.82, 2.24) is 10.2 Å². The number of rotatable bonds is 9. The highest BCUT2D eigenvalue weighted by Crippen LogP contribution is 2.28. The number of hydrogen-bond acceptors (Lipinski definition) is 6. The van der Waals surface area contributed by atoms with E-state index in [1.807, 2.05) is 6.07 Å². The second-order valence-corrected chi connectivity index (χ2v) is 14.7. The van der Waals surface area contributed by atoms with Gasteiger partial charge < -0.3 is 29.3 Å². The van der Waals surface area contributed by atoms with Crippen LogP contribution in [-0.4, -0.2) is 74.9 Å². The molecule has 0 radical (unpaired) electrons. The molecule has 0 saturated carbocycles. The van der Waals surface area contributed by atoms with E-state index in [1.54, 1.807) is 0 Å². The Morgan fingerprint density at radius 3 is 1.65 bits per heavy atom. The van der Waals surface area contributed by atoms with Crippen LogP contribution in [0, 0.1) is 41.5 Å². The molecule has 4 unspecified atom stereocenters. The topological polar surface area (TPSA) is 67.9 Å². The van der Waals surface area contributed by atoms with Gasteiger partial charge in [0.1, 0.15) is 12.6 Å². The van der Waals surface area contributed by atoms with E-state index in [4.69, 9.17) is 9.47 Å². The molecule has 280 valence electrons. The average molecular weight is 764 g/mol. The highest BCUT2D eigenvalue weighted by Gasteiger charge is 2.17. The number of morpholine rings is 2. The molecule has 0 bridgehead atoms. The Morgan fingerprint density at radius 2 is 1.18 bits per heavy atom. The largest absolute Gasteiger partial charge is 0.379 e. The molecule has 2 fully saturated rings. The lowest BCUT2D eigenvalue weighted by molar-refractivity contribution is -0.108. The SMILES string of the molecule is C1COCCN1.Cc1cccc(C(C)/C=C\N2CCOCC2)c1C.Cc1cccc(C(C)C(Br)C=O)c1C.Cc1cccc(C(C)CC=O)c1C. The van der Waals surface area contributed by atoms with Gasteiger partial charge in [-0.2, -0.15) is 0 Å². The maximum Gasteiger partial charge on any atom is 0.134 e. The summed E-state index contributed by atoms with van der Waals surface area (Å²) in [6.45, 7) is 26.8. The first-order valence-electron chi connectivity index (χ1n) is 18.4. The van der Waals surface area contributed by atoms with Crippen molar-refractivity contribution in [2.45, 2.75) is 91.3 Å². The molecular formula is C44H63BrN2O4. The maximum atomic E-state index is 10.7. The Labute approximate surface area is 317 Å². The lowest BCUT2D eigenvalue weighted by atomic mass is 9.92. The van der Waals surface area contributed by atoms with Crippen molar-refractivity contribution in [3.8, 4) is 0 Å². The summed E-state index contributed by atoms with van der Waals surface area (Å²) < 4.78 is 10.4. The molecule has 3 aromatic rings. The number of aryl methyl sites for hydroxylation is 3. The van der Waals surface area contributed by atoms with Gasteiger partial charge in [-0.05, 0) is 104 Å². The Kier molecular flexibility index (Phi) is 20.9. The number of allylic oxidation sites excluding steroid dienone is 1. The van der Waals surface area contributed by atoms with Crippen molar-refractivity contribution in [2.75, 3.05) is 52.6 Å². The van der Waals surface area contributed by atoms with Gasteiger partial charge in [-0.25, -0.2) is 0 Å². The molecule has 0 aliphatic carbocycles. The van der Waals surface area contributed by atoms with E-state index in [0.717, 1.165) is 65.2 Å². The number of alkyl halides is 1. The third kappa shape index (κ3) is 15.2. The molecule has 3 aromatic carbocycles. The number of hydrogen-bond donors (Lipinski definition) is 1. The first-order chi connectivity index (χ1) is 24.4. The third-order valence-electron chi connectivity index (χ3n) is 9.99. The van der Waals surface area contributed by atoms with Crippen LogP contribution in [0.3, 0.4) is 0 Å². The first kappa shape index (κ1) is 44.1. The smallest absolute Gasteiger partial charge is 0.134 e. The first-order valence-corrected chi connectivity index (χ1v) is 19.3. The van der Waals surface area contributed by atoms with E-state index in [1.165, 1.54) is 50.1 Å². The summed E-state index contributed by atoms with van der Waals surface area (Å²) in [4.78, 5) is 23.3. The summed E-state index contributed by atoms with van der Waals surface area (Å²) in [5, 5.41) is 3.16. The van der Waals surface area contributed by atoms with Crippen LogP contribution in [0.2, 0.25) is 0 Å². The van der Waals surface area contributed by atoms with Crippen LogP contribution in [0.25, 0.3) is 0 Å². The quantitative estimate of drug-likeness (QED) is 0.173. The fourth-order valence-electron chi connectivity index (χ4n) is 6.00. The van der Waals surface area contributed by atoms with Crippen LogP contribution >= 0.6 is 15.9 Å². The van der Waals surface area contributed by atoms with Crippen molar-refractivity contribution < 1.29 is 19.1 Å². The van der Waals surface area contributed by atoms with E-state index in [-0.39, 0.29) is 10.7 Å². The van der Waals surface area contributed by atoms with Crippen LogP contribution in [0.15, 0.2) is 66.9 Å². The predicted octanol–water partition coefficient (Wildman–Crippen LogP) is 9.22. The summed E-state index contributed by atoms with van der Waals surface area (Å²) in [5.41, 5.74) is 11.9. The number of ether oxygens (including phenoxy) is 2. The molecule has 2 heterocycles. The highest BCUT2D eigenvalue weighted by molar-refractivity contribution is 9.10. The van der Waals surface area contributed by atoms with Crippen molar-refractivity contribution in [3.63, 3.8) is 0 Å². The van der Waals surface area contributed by atoms with Crippen LogP contribution in [0.5, 0.6) is 0 Å². The van der Waals surface area contributed by atoms with E-state index < -0.39 is 0 Å². The fraction of sp³-hybridized carbons (Fsp3) is 0.500. The Hall–Kier alpha value is -3.10. The molecule has 0 aromatic heterocycles. The average Bonchev–Trinajstić information content (AvgIpc) is 3.15. The number of aldehydes is 2. The minimum atomic E-state index is -0.0944. The number of carbonyl (C=O) groups is 2. The maximum absolute atomic E-state index is 10.7. The van der Waals surface area contributed by atoms with Gasteiger partial charge in [-0.1, -0.05) is 97.4 Å². The van der Waals surface area contributed by atoms with Crippen LogP contribution in [-0.2, 0) is 19.1 Å². The highest BCUT2D eigenvalue weighted by atomic mass is 79.9. The minimum absolute atomic E-state index is 0.0944. The molecule has 2 aliphatic rings. The molecule has 4 atom stereocenters. The molecule has 6 nitrogen and oxygen atoms in total.